The first-order valence-electron chi connectivity index (χ1n) is 4.29. The molecular weight excluding hydrogens is 152 g/mol. The summed E-state index contributed by atoms with van der Waals surface area (Å²) >= 11 is 0. The summed E-state index contributed by atoms with van der Waals surface area (Å²) in [5.41, 5.74) is 5.62. The zero-order valence-electron chi connectivity index (χ0n) is 8.35. The van der Waals surface area contributed by atoms with Gasteiger partial charge < -0.3 is 10.5 Å². The second kappa shape index (κ2) is 2.64. The highest BCUT2D eigenvalue weighted by Gasteiger charge is 2.34. The number of hydrogen-bond acceptors (Lipinski definition) is 3. The predicted octanol–water partition coefficient (Wildman–Crippen LogP) is 1.53. The minimum Gasteiger partial charge on any atom is -0.463 e. The van der Waals surface area contributed by atoms with Crippen LogP contribution in [-0.2, 0) is 4.74 Å². The van der Waals surface area contributed by atoms with Crippen LogP contribution >= 0.6 is 0 Å². The van der Waals surface area contributed by atoms with Gasteiger partial charge in [-0.1, -0.05) is 20.8 Å². The molecule has 1 aliphatic rings. The molecule has 12 heavy (non-hydrogen) atoms. The van der Waals surface area contributed by atoms with Gasteiger partial charge in [-0.05, 0) is 18.8 Å². The van der Waals surface area contributed by atoms with Crippen molar-refractivity contribution in [3.63, 3.8) is 0 Å². The highest BCUT2D eigenvalue weighted by molar-refractivity contribution is 5.73. The van der Waals surface area contributed by atoms with Crippen LogP contribution in [0.15, 0.2) is 4.99 Å². The highest BCUT2D eigenvalue weighted by atomic mass is 16.5. The summed E-state index contributed by atoms with van der Waals surface area (Å²) < 4.78 is 5.14. The van der Waals surface area contributed by atoms with E-state index < -0.39 is 0 Å². The third-order valence-corrected chi connectivity index (χ3v) is 1.82. The fraction of sp³-hybridized carbons (Fsp3) is 0.889. The lowest BCUT2D eigenvalue weighted by molar-refractivity contribution is 0.205. The van der Waals surface area contributed by atoms with Crippen LogP contribution in [0.25, 0.3) is 0 Å². The third kappa shape index (κ3) is 2.40. The minimum absolute atomic E-state index is 0.109. The third-order valence-electron chi connectivity index (χ3n) is 1.82. The molecule has 70 valence electrons. The van der Waals surface area contributed by atoms with Crippen molar-refractivity contribution >= 4 is 6.02 Å². The van der Waals surface area contributed by atoms with Gasteiger partial charge in [-0.15, -0.1) is 0 Å². The molecule has 1 atom stereocenters. The van der Waals surface area contributed by atoms with Gasteiger partial charge in [-0.3, -0.25) is 0 Å². The van der Waals surface area contributed by atoms with E-state index in [0.717, 1.165) is 6.42 Å². The molecule has 0 aliphatic carbocycles. The van der Waals surface area contributed by atoms with Crippen LogP contribution in [0.3, 0.4) is 0 Å². The molecule has 1 rings (SSSR count). The average molecular weight is 170 g/mol. The molecule has 1 heterocycles. The second-order valence-electron chi connectivity index (χ2n) is 4.97. The van der Waals surface area contributed by atoms with Gasteiger partial charge in [-0.25, -0.2) is 4.99 Å². The van der Waals surface area contributed by atoms with Crippen LogP contribution < -0.4 is 5.73 Å². The molecule has 3 heteroatoms. The molecule has 0 saturated carbocycles. The van der Waals surface area contributed by atoms with Crippen molar-refractivity contribution in [3.05, 3.63) is 0 Å². The molecule has 0 spiro atoms. The van der Waals surface area contributed by atoms with Crippen LogP contribution in [0.1, 0.15) is 34.1 Å². The summed E-state index contributed by atoms with van der Waals surface area (Å²) in [5.74, 6) is 0. The van der Waals surface area contributed by atoms with Gasteiger partial charge in [0.05, 0.1) is 5.54 Å². The van der Waals surface area contributed by atoms with Crippen molar-refractivity contribution in [2.45, 2.75) is 39.7 Å². The Labute approximate surface area is 74.0 Å². The van der Waals surface area contributed by atoms with Gasteiger partial charge in [0.1, 0.15) is 6.61 Å². The minimum atomic E-state index is -0.109. The number of amidine groups is 1. The maximum atomic E-state index is 5.46. The summed E-state index contributed by atoms with van der Waals surface area (Å²) in [6.07, 6.45) is 1.00. The Bertz CT molecular complexity index is 205. The van der Waals surface area contributed by atoms with Crippen molar-refractivity contribution in [1.29, 1.82) is 0 Å². The van der Waals surface area contributed by atoms with Crippen molar-refractivity contribution in [1.82, 2.24) is 0 Å². The molecule has 0 fully saturated rings. The largest absolute Gasteiger partial charge is 0.463 e. The highest BCUT2D eigenvalue weighted by Crippen LogP contribution is 2.32. The second-order valence-corrected chi connectivity index (χ2v) is 4.97. The molecule has 0 radical (unpaired) electrons. The summed E-state index contributed by atoms with van der Waals surface area (Å²) in [6, 6.07) is 0.335. The predicted molar refractivity (Wildman–Crippen MR) is 50.1 cm³/mol. The average Bonchev–Trinajstić information content (AvgIpc) is 2.05. The normalized spacial score (nSPS) is 29.8. The van der Waals surface area contributed by atoms with Crippen molar-refractivity contribution in [2.75, 3.05) is 6.61 Å². The number of rotatable bonds is 1. The van der Waals surface area contributed by atoms with Crippen molar-refractivity contribution in [3.8, 4) is 0 Å². The lowest BCUT2D eigenvalue weighted by atomic mass is 9.82. The maximum Gasteiger partial charge on any atom is 0.282 e. The molecule has 0 aromatic rings. The van der Waals surface area contributed by atoms with E-state index in [2.05, 4.69) is 32.7 Å². The fourth-order valence-corrected chi connectivity index (χ4v) is 1.79. The number of nitrogens with zero attached hydrogens (tertiary/aromatic N) is 1. The van der Waals surface area contributed by atoms with Gasteiger partial charge >= 0.3 is 0 Å². The molecule has 2 N–H and O–H groups in total. The van der Waals surface area contributed by atoms with Crippen LogP contribution in [0, 0.1) is 5.41 Å². The zero-order valence-corrected chi connectivity index (χ0v) is 8.35. The molecule has 0 bridgehead atoms. The summed E-state index contributed by atoms with van der Waals surface area (Å²) in [4.78, 5) is 4.28. The maximum absolute atomic E-state index is 5.46. The summed E-state index contributed by atoms with van der Waals surface area (Å²) in [7, 11) is 0. The molecular formula is C9H18N2O. The lowest BCUT2D eigenvalue weighted by Gasteiger charge is -2.27. The first-order chi connectivity index (χ1) is 5.31. The van der Waals surface area contributed by atoms with Gasteiger partial charge in [-0.2, -0.15) is 0 Å². The first kappa shape index (κ1) is 9.36. The van der Waals surface area contributed by atoms with E-state index in [-0.39, 0.29) is 11.0 Å². The van der Waals surface area contributed by atoms with E-state index in [4.69, 9.17) is 10.5 Å². The lowest BCUT2D eigenvalue weighted by Crippen LogP contribution is -2.29. The van der Waals surface area contributed by atoms with Crippen molar-refractivity contribution in [2.24, 2.45) is 16.1 Å². The van der Waals surface area contributed by atoms with E-state index in [9.17, 15) is 0 Å². The van der Waals surface area contributed by atoms with E-state index in [1.54, 1.807) is 0 Å². The molecule has 0 aromatic carbocycles. The number of aliphatic imine (C=N–C) groups is 1. The number of hydrogen-bond donors (Lipinski definition) is 1. The van der Waals surface area contributed by atoms with Gasteiger partial charge in [0.15, 0.2) is 0 Å². The van der Waals surface area contributed by atoms with Crippen molar-refractivity contribution < 1.29 is 4.74 Å². The Hall–Kier alpha value is -0.730. The van der Waals surface area contributed by atoms with E-state index in [1.165, 1.54) is 0 Å². The molecule has 0 saturated heterocycles. The molecule has 1 aliphatic heterocycles. The van der Waals surface area contributed by atoms with Crippen LogP contribution in [0.2, 0.25) is 0 Å². The Morgan fingerprint density at radius 3 is 2.50 bits per heavy atom. The topological polar surface area (TPSA) is 47.6 Å². The number of nitrogens with two attached hydrogens (primary N) is 1. The SMILES string of the molecule is CC(C)(C)CC1(C)COC(N)=N1. The summed E-state index contributed by atoms with van der Waals surface area (Å²) in [6.45, 7) is 9.29. The van der Waals surface area contributed by atoms with Gasteiger partial charge in [0.25, 0.3) is 6.02 Å². The van der Waals surface area contributed by atoms with Crippen LogP contribution in [0.5, 0.6) is 0 Å². The van der Waals surface area contributed by atoms with Gasteiger partial charge in [0.2, 0.25) is 0 Å². The Balaban J connectivity index is 2.63. The first-order valence-corrected chi connectivity index (χ1v) is 4.29. The molecule has 0 amide bonds. The molecule has 0 aromatic heterocycles. The Morgan fingerprint density at radius 1 is 1.58 bits per heavy atom. The van der Waals surface area contributed by atoms with E-state index in [0.29, 0.717) is 12.6 Å². The fourth-order valence-electron chi connectivity index (χ4n) is 1.79. The zero-order chi connectivity index (χ0) is 9.41. The summed E-state index contributed by atoms with van der Waals surface area (Å²) in [5, 5.41) is 0. The molecule has 1 unspecified atom stereocenters. The van der Waals surface area contributed by atoms with Gasteiger partial charge in [0, 0.05) is 0 Å². The standard InChI is InChI=1S/C9H18N2O/c1-8(2,3)5-9(4)6-12-7(10)11-9/h5-6H2,1-4H3,(H2,10,11). The quantitative estimate of drug-likeness (QED) is 0.648. The Morgan fingerprint density at radius 2 is 2.17 bits per heavy atom. The number of ether oxygens (including phenoxy) is 1. The monoisotopic (exact) mass is 170 g/mol. The smallest absolute Gasteiger partial charge is 0.282 e. The molecule has 3 nitrogen and oxygen atoms in total. The van der Waals surface area contributed by atoms with E-state index >= 15 is 0 Å². The van der Waals surface area contributed by atoms with Crippen LogP contribution in [0.4, 0.5) is 0 Å². The Kier molecular flexibility index (Phi) is 2.06. The van der Waals surface area contributed by atoms with Crippen LogP contribution in [-0.4, -0.2) is 18.2 Å². The van der Waals surface area contributed by atoms with E-state index in [1.807, 2.05) is 0 Å².